The van der Waals surface area contributed by atoms with E-state index >= 15 is 0 Å². The molecule has 0 bridgehead atoms. The average Bonchev–Trinajstić information content (AvgIpc) is 3.18. The minimum Gasteiger partial charge on any atom is -0.393 e. The Morgan fingerprint density at radius 2 is 2.03 bits per heavy atom. The highest BCUT2D eigenvalue weighted by Gasteiger charge is 2.63. The van der Waals surface area contributed by atoms with E-state index in [2.05, 4.69) is 39.1 Å². The van der Waals surface area contributed by atoms with Crippen LogP contribution in [0.1, 0.15) is 72.6 Å². The van der Waals surface area contributed by atoms with E-state index in [1.54, 1.807) is 0 Å². The normalized spacial score (nSPS) is 53.7. The molecule has 1 spiro atoms. The standard InChI is InChI=1S/C27H39NO3/c1-14-11-21-24(28-13-14)16(3)27(31-21)10-8-19-20-6-5-17-12-18(29)7-9-26(17,4)23(20)25(30)22(19)15(27)2/h5,14,16,18-21,23-24,28-29H,6-13H2,1-4H3/t14-,16+,18-,19-,20+,21-,23-,24-,26+,27+/m1/s1. The van der Waals surface area contributed by atoms with Gasteiger partial charge in [0.05, 0.1) is 17.8 Å². The van der Waals surface area contributed by atoms with Crippen LogP contribution in [0.15, 0.2) is 22.8 Å². The molecule has 2 saturated carbocycles. The summed E-state index contributed by atoms with van der Waals surface area (Å²) >= 11 is 0. The Kier molecular flexibility index (Phi) is 4.51. The Balaban J connectivity index is 1.39. The number of nitrogens with one attached hydrogen (secondary N) is 1. The molecule has 4 aliphatic carbocycles. The Bertz CT molecular complexity index is 876. The lowest BCUT2D eigenvalue weighted by Crippen LogP contribution is -2.49. The number of ketones is 1. The van der Waals surface area contributed by atoms with Gasteiger partial charge in [-0.15, -0.1) is 0 Å². The highest BCUT2D eigenvalue weighted by molar-refractivity contribution is 6.02. The number of carbonyl (C=O) groups excluding carboxylic acids is 1. The van der Waals surface area contributed by atoms with Gasteiger partial charge < -0.3 is 15.2 Å². The predicted octanol–water partition coefficient (Wildman–Crippen LogP) is 4.18. The van der Waals surface area contributed by atoms with E-state index in [0.717, 1.165) is 57.1 Å². The van der Waals surface area contributed by atoms with Crippen molar-refractivity contribution in [1.82, 2.24) is 5.32 Å². The summed E-state index contributed by atoms with van der Waals surface area (Å²) in [4.78, 5) is 14.1. The van der Waals surface area contributed by atoms with Crippen molar-refractivity contribution in [2.24, 2.45) is 35.0 Å². The van der Waals surface area contributed by atoms with Crippen LogP contribution in [-0.4, -0.2) is 41.3 Å². The molecule has 4 heteroatoms. The van der Waals surface area contributed by atoms with Crippen molar-refractivity contribution in [2.45, 2.75) is 96.5 Å². The number of piperidine rings is 1. The highest BCUT2D eigenvalue weighted by atomic mass is 16.5. The molecule has 2 saturated heterocycles. The molecule has 0 aromatic carbocycles. The van der Waals surface area contributed by atoms with Crippen LogP contribution in [0.4, 0.5) is 0 Å². The van der Waals surface area contributed by atoms with Crippen LogP contribution in [0.3, 0.4) is 0 Å². The number of carbonyl (C=O) groups is 1. The number of fused-ring (bicyclic) bond motifs is 6. The molecule has 4 fully saturated rings. The van der Waals surface area contributed by atoms with E-state index in [1.165, 1.54) is 11.1 Å². The van der Waals surface area contributed by atoms with Crippen LogP contribution in [0.5, 0.6) is 0 Å². The number of ether oxygens (including phenoxy) is 1. The molecule has 0 unspecified atom stereocenters. The van der Waals surface area contributed by atoms with E-state index < -0.39 is 0 Å². The van der Waals surface area contributed by atoms with E-state index in [-0.39, 0.29) is 29.1 Å². The van der Waals surface area contributed by atoms with Gasteiger partial charge in [-0.3, -0.25) is 4.79 Å². The van der Waals surface area contributed by atoms with E-state index in [4.69, 9.17) is 4.74 Å². The first-order chi connectivity index (χ1) is 14.8. The van der Waals surface area contributed by atoms with Crippen molar-refractivity contribution in [3.05, 3.63) is 22.8 Å². The van der Waals surface area contributed by atoms with Gasteiger partial charge in [0.1, 0.15) is 0 Å². The van der Waals surface area contributed by atoms with Crippen molar-refractivity contribution in [2.75, 3.05) is 6.54 Å². The maximum Gasteiger partial charge on any atom is 0.163 e. The summed E-state index contributed by atoms with van der Waals surface area (Å²) in [5, 5.41) is 14.0. The molecule has 2 N–H and O–H groups in total. The second-order valence-corrected chi connectivity index (χ2v) is 12.1. The molecule has 0 amide bonds. The van der Waals surface area contributed by atoms with Crippen LogP contribution in [-0.2, 0) is 9.53 Å². The second-order valence-electron chi connectivity index (χ2n) is 12.1. The van der Waals surface area contributed by atoms with Crippen LogP contribution in [0.25, 0.3) is 0 Å². The Morgan fingerprint density at radius 3 is 2.84 bits per heavy atom. The van der Waals surface area contributed by atoms with Gasteiger partial charge in [-0.05, 0) is 87.2 Å². The largest absolute Gasteiger partial charge is 0.393 e. The Labute approximate surface area is 186 Å². The van der Waals surface area contributed by atoms with Gasteiger partial charge in [-0.25, -0.2) is 0 Å². The number of hydrogen-bond donors (Lipinski definition) is 2. The zero-order valence-electron chi connectivity index (χ0n) is 19.6. The van der Waals surface area contributed by atoms with Gasteiger partial charge in [0.15, 0.2) is 5.78 Å². The van der Waals surface area contributed by atoms with Crippen LogP contribution >= 0.6 is 0 Å². The molecule has 0 aromatic rings. The third-order valence-corrected chi connectivity index (χ3v) is 10.6. The quantitative estimate of drug-likeness (QED) is 0.572. The zero-order chi connectivity index (χ0) is 21.7. The summed E-state index contributed by atoms with van der Waals surface area (Å²) in [5.41, 5.74) is 3.43. The summed E-state index contributed by atoms with van der Waals surface area (Å²) in [5.74, 6) is 2.41. The number of allylic oxidation sites excluding steroid dienone is 2. The number of Topliss-reactive ketones (excluding diaryl/α,β-unsaturated/α-hetero) is 1. The molecule has 2 heterocycles. The minimum absolute atomic E-state index is 0.0653. The Hall–Kier alpha value is -0.970. The first kappa shape index (κ1) is 20.6. The third-order valence-electron chi connectivity index (χ3n) is 10.6. The smallest absolute Gasteiger partial charge is 0.163 e. The SMILES string of the molecule is CC1=C2C(=O)[C@H]3[C@@H](CC=C4C[C@H](O)CC[C@@]43C)[C@H]2CC[C@]12O[C@@H]1C[C@@H](C)CN[C@@H]1[C@@H]2C. The lowest BCUT2D eigenvalue weighted by Gasteiger charge is -2.48. The fourth-order valence-electron chi connectivity index (χ4n) is 8.93. The van der Waals surface area contributed by atoms with Gasteiger partial charge in [0, 0.05) is 23.5 Å². The summed E-state index contributed by atoms with van der Waals surface area (Å²) in [6.45, 7) is 10.3. The molecular weight excluding hydrogens is 386 g/mol. The zero-order valence-corrected chi connectivity index (χ0v) is 19.6. The van der Waals surface area contributed by atoms with E-state index in [0.29, 0.717) is 35.5 Å². The summed E-state index contributed by atoms with van der Waals surface area (Å²) < 4.78 is 6.93. The highest BCUT2D eigenvalue weighted by Crippen LogP contribution is 2.63. The molecule has 2 aliphatic heterocycles. The van der Waals surface area contributed by atoms with Crippen molar-refractivity contribution < 1.29 is 14.6 Å². The second kappa shape index (κ2) is 6.77. The molecule has 0 aromatic heterocycles. The molecular formula is C27H39NO3. The monoisotopic (exact) mass is 425 g/mol. The maximum absolute atomic E-state index is 14.1. The van der Waals surface area contributed by atoms with Gasteiger partial charge in [-0.1, -0.05) is 32.4 Å². The van der Waals surface area contributed by atoms with Gasteiger partial charge in [0.2, 0.25) is 0 Å². The lowest BCUT2D eigenvalue weighted by molar-refractivity contribution is -0.123. The first-order valence-electron chi connectivity index (χ1n) is 12.8. The molecule has 4 nitrogen and oxygen atoms in total. The number of rotatable bonds is 0. The molecule has 10 atom stereocenters. The molecule has 170 valence electrons. The topological polar surface area (TPSA) is 58.6 Å². The van der Waals surface area contributed by atoms with Gasteiger partial charge in [-0.2, -0.15) is 0 Å². The van der Waals surface area contributed by atoms with E-state index in [9.17, 15) is 9.90 Å². The molecule has 31 heavy (non-hydrogen) atoms. The van der Waals surface area contributed by atoms with Gasteiger partial charge >= 0.3 is 0 Å². The molecule has 6 aliphatic rings. The predicted molar refractivity (Wildman–Crippen MR) is 120 cm³/mol. The summed E-state index contributed by atoms with van der Waals surface area (Å²) in [6.07, 6.45) is 9.23. The summed E-state index contributed by atoms with van der Waals surface area (Å²) in [7, 11) is 0. The number of hydrogen-bond acceptors (Lipinski definition) is 4. The maximum atomic E-state index is 14.1. The van der Waals surface area contributed by atoms with Crippen LogP contribution in [0, 0.1) is 35.0 Å². The fourth-order valence-corrected chi connectivity index (χ4v) is 8.93. The van der Waals surface area contributed by atoms with Crippen molar-refractivity contribution >= 4 is 5.78 Å². The van der Waals surface area contributed by atoms with E-state index in [1.807, 2.05) is 0 Å². The number of aliphatic hydroxyl groups is 1. The third kappa shape index (κ3) is 2.62. The molecule has 0 radical (unpaired) electrons. The molecule has 6 rings (SSSR count). The van der Waals surface area contributed by atoms with Crippen molar-refractivity contribution in [1.29, 1.82) is 0 Å². The first-order valence-corrected chi connectivity index (χ1v) is 12.8. The Morgan fingerprint density at radius 1 is 1.23 bits per heavy atom. The minimum atomic E-state index is -0.263. The average molecular weight is 426 g/mol. The van der Waals surface area contributed by atoms with Gasteiger partial charge in [0.25, 0.3) is 0 Å². The fraction of sp³-hybridized carbons (Fsp3) is 0.815. The van der Waals surface area contributed by atoms with Crippen molar-refractivity contribution in [3.63, 3.8) is 0 Å². The van der Waals surface area contributed by atoms with Crippen LogP contribution in [0.2, 0.25) is 0 Å². The number of aliphatic hydroxyl groups excluding tert-OH is 1. The van der Waals surface area contributed by atoms with Crippen molar-refractivity contribution in [3.8, 4) is 0 Å². The summed E-state index contributed by atoms with van der Waals surface area (Å²) in [6, 6.07) is 0.410. The van der Waals surface area contributed by atoms with Crippen LogP contribution < -0.4 is 5.32 Å². The lowest BCUT2D eigenvalue weighted by atomic mass is 9.56.